The van der Waals surface area contributed by atoms with Crippen LogP contribution in [0.1, 0.15) is 51.2 Å². The lowest BCUT2D eigenvalue weighted by Crippen LogP contribution is -2.48. The first kappa shape index (κ1) is 19.1. The molecular formula is C21H24Cl2N2O. The Morgan fingerprint density at radius 3 is 2.65 bits per heavy atom. The highest BCUT2D eigenvalue weighted by molar-refractivity contribution is 6.33. The lowest BCUT2D eigenvalue weighted by Gasteiger charge is -2.47. The highest BCUT2D eigenvalue weighted by Crippen LogP contribution is 2.44. The van der Waals surface area contributed by atoms with Gasteiger partial charge in [0.15, 0.2) is 0 Å². The molecule has 0 saturated heterocycles. The fourth-order valence-electron chi connectivity index (χ4n) is 3.96. The fourth-order valence-corrected chi connectivity index (χ4v) is 4.34. The summed E-state index contributed by atoms with van der Waals surface area (Å²) >= 11 is 12.4. The van der Waals surface area contributed by atoms with Crippen LogP contribution >= 0.6 is 23.2 Å². The van der Waals surface area contributed by atoms with E-state index >= 15 is 0 Å². The second kappa shape index (κ2) is 7.13. The molecule has 0 aromatic heterocycles. The Morgan fingerprint density at radius 1 is 1.27 bits per heavy atom. The lowest BCUT2D eigenvalue weighted by atomic mass is 9.79. The first-order valence-corrected chi connectivity index (χ1v) is 9.62. The molecule has 1 atom stereocenters. The van der Waals surface area contributed by atoms with E-state index in [1.165, 1.54) is 17.3 Å². The molecule has 26 heavy (non-hydrogen) atoms. The van der Waals surface area contributed by atoms with Crippen molar-refractivity contribution in [3.63, 3.8) is 0 Å². The number of halogens is 2. The number of fused-ring (bicyclic) bond motifs is 1. The zero-order valence-corrected chi connectivity index (χ0v) is 17.1. The van der Waals surface area contributed by atoms with Gasteiger partial charge < -0.3 is 10.0 Å². The number of benzene rings is 2. The Balaban J connectivity index is 2.01. The van der Waals surface area contributed by atoms with Crippen molar-refractivity contribution in [3.8, 4) is 5.75 Å². The van der Waals surface area contributed by atoms with Crippen LogP contribution in [0.2, 0.25) is 10.0 Å². The molecule has 1 N–H and O–H groups in total. The molecule has 0 bridgehead atoms. The number of nitrogens with zero attached hydrogens (tertiary/aromatic N) is 2. The minimum absolute atomic E-state index is 0.0510. The third-order valence-electron chi connectivity index (χ3n) is 5.10. The van der Waals surface area contributed by atoms with Gasteiger partial charge in [0.2, 0.25) is 0 Å². The molecule has 0 saturated carbocycles. The molecule has 0 fully saturated rings. The number of phenols is 1. The molecule has 5 heteroatoms. The van der Waals surface area contributed by atoms with Gasteiger partial charge in [-0.25, -0.2) is 0 Å². The summed E-state index contributed by atoms with van der Waals surface area (Å²) in [6.07, 6.45) is 2.79. The number of hydrogen-bond acceptors (Lipinski definition) is 3. The maximum absolute atomic E-state index is 9.96. The number of hydrogen-bond donors (Lipinski definition) is 1. The molecule has 0 aliphatic carbocycles. The molecule has 1 unspecified atom stereocenters. The maximum atomic E-state index is 9.96. The van der Waals surface area contributed by atoms with Gasteiger partial charge in [0.1, 0.15) is 11.4 Å². The predicted molar refractivity (Wildman–Crippen MR) is 112 cm³/mol. The normalized spacial score (nSPS) is 19.0. The molecule has 1 aliphatic heterocycles. The van der Waals surface area contributed by atoms with E-state index in [0.29, 0.717) is 21.7 Å². The van der Waals surface area contributed by atoms with E-state index in [1.54, 1.807) is 18.3 Å². The van der Waals surface area contributed by atoms with Crippen molar-refractivity contribution < 1.29 is 5.11 Å². The van der Waals surface area contributed by atoms with E-state index in [1.807, 2.05) is 6.07 Å². The Morgan fingerprint density at radius 2 is 2.00 bits per heavy atom. The van der Waals surface area contributed by atoms with E-state index in [9.17, 15) is 5.11 Å². The average Bonchev–Trinajstić information content (AvgIpc) is 2.54. The van der Waals surface area contributed by atoms with Gasteiger partial charge in [-0.05, 0) is 62.9 Å². The minimum Gasteiger partial charge on any atom is -0.506 e. The van der Waals surface area contributed by atoms with Gasteiger partial charge in [0.05, 0.1) is 5.02 Å². The van der Waals surface area contributed by atoms with Crippen LogP contribution in [0.25, 0.3) is 0 Å². The molecule has 1 heterocycles. The van der Waals surface area contributed by atoms with Crippen LogP contribution < -0.4 is 4.90 Å². The molecule has 2 aromatic carbocycles. The number of anilines is 1. The number of aromatic hydroxyl groups is 1. The van der Waals surface area contributed by atoms with Gasteiger partial charge in [-0.15, -0.1) is 0 Å². The summed E-state index contributed by atoms with van der Waals surface area (Å²) in [7, 11) is 0. The van der Waals surface area contributed by atoms with Crippen molar-refractivity contribution in [2.45, 2.75) is 45.6 Å². The fraction of sp³-hybridized carbons (Fsp3) is 0.381. The van der Waals surface area contributed by atoms with Crippen LogP contribution in [0.15, 0.2) is 35.3 Å². The molecule has 138 valence electrons. The maximum Gasteiger partial charge on any atom is 0.142 e. The van der Waals surface area contributed by atoms with Gasteiger partial charge in [-0.1, -0.05) is 30.1 Å². The quantitative estimate of drug-likeness (QED) is 0.602. The van der Waals surface area contributed by atoms with Crippen molar-refractivity contribution >= 4 is 40.8 Å². The van der Waals surface area contributed by atoms with Crippen LogP contribution in [-0.4, -0.2) is 23.4 Å². The lowest BCUT2D eigenvalue weighted by molar-refractivity contribution is 0.381. The summed E-state index contributed by atoms with van der Waals surface area (Å²) in [5, 5.41) is 11.1. The van der Waals surface area contributed by atoms with Crippen LogP contribution in [0.5, 0.6) is 5.75 Å². The first-order valence-electron chi connectivity index (χ1n) is 8.86. The Bertz CT molecular complexity index is 861. The summed E-state index contributed by atoms with van der Waals surface area (Å²) in [5.74, 6) is 0.492. The molecule has 1 aliphatic rings. The summed E-state index contributed by atoms with van der Waals surface area (Å²) in [5.41, 5.74) is 3.91. The highest BCUT2D eigenvalue weighted by Gasteiger charge is 2.35. The Hall–Kier alpha value is -1.71. The molecular weight excluding hydrogens is 367 g/mol. The Kier molecular flexibility index (Phi) is 5.23. The molecule has 3 rings (SSSR count). The molecule has 0 radical (unpaired) electrons. The van der Waals surface area contributed by atoms with Gasteiger partial charge in [-0.2, -0.15) is 0 Å². The summed E-state index contributed by atoms with van der Waals surface area (Å²) in [4.78, 5) is 6.80. The number of phenolic OH excluding ortho intramolecular Hbond substituents is 1. The smallest absolute Gasteiger partial charge is 0.142 e. The van der Waals surface area contributed by atoms with Crippen molar-refractivity contribution in [1.82, 2.24) is 0 Å². The van der Waals surface area contributed by atoms with Crippen LogP contribution in [-0.2, 0) is 0 Å². The SMILES string of the molecule is CCN1c2cc(Cl)c(C=Nc3ccc(Cl)cc3O)cc2C(C)CC1(C)C. The number of aliphatic imine (C=N–C) groups is 1. The number of rotatable bonds is 3. The highest BCUT2D eigenvalue weighted by atomic mass is 35.5. The molecule has 2 aromatic rings. The summed E-state index contributed by atoms with van der Waals surface area (Å²) in [6.45, 7) is 9.93. The summed E-state index contributed by atoms with van der Waals surface area (Å²) in [6, 6.07) is 9.03. The van der Waals surface area contributed by atoms with Gasteiger partial charge in [0.25, 0.3) is 0 Å². The van der Waals surface area contributed by atoms with Crippen molar-refractivity contribution in [1.29, 1.82) is 0 Å². The third-order valence-corrected chi connectivity index (χ3v) is 5.66. The van der Waals surface area contributed by atoms with E-state index in [-0.39, 0.29) is 11.3 Å². The Labute approximate surface area is 165 Å². The second-order valence-electron chi connectivity index (χ2n) is 7.49. The standard InChI is InChI=1S/C21H24Cl2N2O/c1-5-25-19-10-17(23)14(8-16(19)13(2)11-21(25,3)4)12-24-18-7-6-15(22)9-20(18)26/h6-10,12-13,26H,5,11H2,1-4H3. The van der Waals surface area contributed by atoms with E-state index < -0.39 is 0 Å². The van der Waals surface area contributed by atoms with Crippen LogP contribution in [0.4, 0.5) is 11.4 Å². The van der Waals surface area contributed by atoms with Crippen LogP contribution in [0.3, 0.4) is 0 Å². The van der Waals surface area contributed by atoms with E-state index in [0.717, 1.165) is 18.5 Å². The topological polar surface area (TPSA) is 35.8 Å². The van der Waals surface area contributed by atoms with Crippen molar-refractivity contribution in [2.24, 2.45) is 4.99 Å². The zero-order chi connectivity index (χ0) is 19.1. The van der Waals surface area contributed by atoms with Crippen molar-refractivity contribution in [3.05, 3.63) is 51.5 Å². The first-order chi connectivity index (χ1) is 12.2. The largest absolute Gasteiger partial charge is 0.506 e. The van der Waals surface area contributed by atoms with E-state index in [2.05, 4.69) is 43.7 Å². The summed E-state index contributed by atoms with van der Waals surface area (Å²) < 4.78 is 0. The monoisotopic (exact) mass is 390 g/mol. The average molecular weight is 391 g/mol. The predicted octanol–water partition coefficient (Wildman–Crippen LogP) is 6.56. The van der Waals surface area contributed by atoms with E-state index in [4.69, 9.17) is 23.2 Å². The van der Waals surface area contributed by atoms with Crippen LogP contribution in [0, 0.1) is 0 Å². The zero-order valence-electron chi connectivity index (χ0n) is 15.6. The second-order valence-corrected chi connectivity index (χ2v) is 8.33. The molecule has 0 spiro atoms. The third kappa shape index (κ3) is 3.56. The molecule has 0 amide bonds. The van der Waals surface area contributed by atoms with Crippen molar-refractivity contribution in [2.75, 3.05) is 11.4 Å². The van der Waals surface area contributed by atoms with Gasteiger partial charge in [0, 0.05) is 40.6 Å². The minimum atomic E-state index is 0.0510. The van der Waals surface area contributed by atoms with Gasteiger partial charge in [-0.3, -0.25) is 4.99 Å². The molecule has 3 nitrogen and oxygen atoms in total. The van der Waals surface area contributed by atoms with Gasteiger partial charge >= 0.3 is 0 Å².